The van der Waals surface area contributed by atoms with Crippen molar-refractivity contribution in [2.75, 3.05) is 37.6 Å². The first kappa shape index (κ1) is 31.8. The number of hydrogen-bond donors (Lipinski definition) is 3. The highest BCUT2D eigenvalue weighted by molar-refractivity contribution is 6.31. The minimum absolute atomic E-state index is 0.0206. The Morgan fingerprint density at radius 3 is 2.56 bits per heavy atom. The lowest BCUT2D eigenvalue weighted by atomic mass is 9.96. The molecule has 1 aromatic rings. The highest BCUT2D eigenvalue weighted by Gasteiger charge is 2.31. The van der Waals surface area contributed by atoms with Crippen molar-refractivity contribution in [3.05, 3.63) is 51.7 Å². The molecule has 0 bridgehead atoms. The summed E-state index contributed by atoms with van der Waals surface area (Å²) < 4.78 is 0. The van der Waals surface area contributed by atoms with Crippen LogP contribution in [0.3, 0.4) is 0 Å². The van der Waals surface area contributed by atoms with Crippen LogP contribution in [0.4, 0.5) is 5.69 Å². The second-order valence-corrected chi connectivity index (χ2v) is 12.6. The maximum atomic E-state index is 12.0. The average Bonchev–Trinajstić information content (AvgIpc) is 3.78. The van der Waals surface area contributed by atoms with Gasteiger partial charge in [0, 0.05) is 59.7 Å². The number of anilines is 1. The normalized spacial score (nSPS) is 24.1. The Hall–Kier alpha value is -2.10. The Morgan fingerprint density at radius 1 is 1.17 bits per heavy atom. The summed E-state index contributed by atoms with van der Waals surface area (Å²) in [5, 5.41) is 4.87. The number of likely N-dealkylation sites (tertiary alicyclic amines) is 1. The number of hydrogen-bond acceptors (Lipinski definition) is 6. The first-order valence-electron chi connectivity index (χ1n) is 15.1. The molecule has 2 amide bonds. The van der Waals surface area contributed by atoms with E-state index >= 15 is 0 Å². The molecule has 4 rings (SSSR count). The minimum Gasteiger partial charge on any atom is -0.404 e. The number of carbonyl (C=O) groups excluding carboxylic acids is 2. The number of halogens is 2. The SMILES string of the molecule is CC[C@H]1CNC(/C(Cl)=C\C(=C/N)C(N)=O)CCCN1C1CCN(Cc2ccc(Cl)cc2N(C=O)CCC2CC2)CC1. The second kappa shape index (κ2) is 15.4. The zero-order valence-electron chi connectivity index (χ0n) is 24.2. The van der Waals surface area contributed by atoms with E-state index in [1.54, 1.807) is 6.08 Å². The van der Waals surface area contributed by atoms with Gasteiger partial charge in [-0.15, -0.1) is 0 Å². The number of benzene rings is 1. The van der Waals surface area contributed by atoms with Crippen LogP contribution in [0.25, 0.3) is 0 Å². The highest BCUT2D eigenvalue weighted by atomic mass is 35.5. The molecule has 2 heterocycles. The van der Waals surface area contributed by atoms with E-state index in [4.69, 9.17) is 34.7 Å². The van der Waals surface area contributed by atoms with Crippen LogP contribution in [0.2, 0.25) is 5.02 Å². The molecule has 8 nitrogen and oxygen atoms in total. The number of piperidine rings is 1. The van der Waals surface area contributed by atoms with Gasteiger partial charge in [-0.25, -0.2) is 0 Å². The van der Waals surface area contributed by atoms with E-state index in [1.807, 2.05) is 17.0 Å². The van der Waals surface area contributed by atoms with E-state index in [0.29, 0.717) is 22.1 Å². The van der Waals surface area contributed by atoms with E-state index in [-0.39, 0.29) is 11.6 Å². The number of rotatable bonds is 12. The van der Waals surface area contributed by atoms with Crippen molar-refractivity contribution in [1.82, 2.24) is 15.1 Å². The molecule has 10 heteroatoms. The second-order valence-electron chi connectivity index (χ2n) is 11.7. The summed E-state index contributed by atoms with van der Waals surface area (Å²) in [7, 11) is 0. The Labute approximate surface area is 255 Å². The van der Waals surface area contributed by atoms with Gasteiger partial charge in [0.2, 0.25) is 12.3 Å². The van der Waals surface area contributed by atoms with Crippen molar-refractivity contribution in [2.45, 2.75) is 83.0 Å². The van der Waals surface area contributed by atoms with Crippen LogP contribution >= 0.6 is 23.2 Å². The molecule has 226 valence electrons. The van der Waals surface area contributed by atoms with Crippen molar-refractivity contribution >= 4 is 41.2 Å². The van der Waals surface area contributed by atoms with Crippen molar-refractivity contribution in [3.8, 4) is 0 Å². The smallest absolute Gasteiger partial charge is 0.250 e. The van der Waals surface area contributed by atoms with E-state index in [9.17, 15) is 9.59 Å². The van der Waals surface area contributed by atoms with Crippen LogP contribution in [0, 0.1) is 5.92 Å². The zero-order valence-corrected chi connectivity index (χ0v) is 25.8. The van der Waals surface area contributed by atoms with Crippen LogP contribution in [-0.2, 0) is 16.1 Å². The molecular formula is C31H46Cl2N6O2. The maximum absolute atomic E-state index is 12.0. The van der Waals surface area contributed by atoms with Crippen LogP contribution in [0.15, 0.2) is 41.1 Å². The molecule has 3 aliphatic rings. The minimum atomic E-state index is -0.581. The number of carbonyl (C=O) groups is 2. The molecule has 5 N–H and O–H groups in total. The number of amides is 2. The highest BCUT2D eigenvalue weighted by Crippen LogP contribution is 2.34. The van der Waals surface area contributed by atoms with E-state index in [2.05, 4.69) is 28.1 Å². The van der Waals surface area contributed by atoms with Crippen LogP contribution < -0.4 is 21.7 Å². The number of nitrogens with two attached hydrogens (primary N) is 2. The number of nitrogens with zero attached hydrogens (tertiary/aromatic N) is 3. The molecule has 2 atom stereocenters. The van der Waals surface area contributed by atoms with Gasteiger partial charge in [0.1, 0.15) is 0 Å². The molecule has 0 aromatic heterocycles. The molecule has 1 aliphatic carbocycles. The summed E-state index contributed by atoms with van der Waals surface area (Å²) in [4.78, 5) is 30.6. The van der Waals surface area contributed by atoms with Crippen LogP contribution in [-0.4, -0.2) is 73.0 Å². The fraction of sp³-hybridized carbons (Fsp3) is 0.613. The lowest BCUT2D eigenvalue weighted by Crippen LogP contribution is -2.54. The molecule has 2 saturated heterocycles. The molecule has 1 unspecified atom stereocenters. The standard InChI is InChI=1S/C31H46Cl2N6O2/c1-2-26-19-36-29(28(33)16-24(18-34)31(35)41)4-3-12-39(26)27-10-13-37(14-11-27)20-23-7-8-25(32)17-30(23)38(21-40)15-9-22-5-6-22/h7-8,16-18,21-22,26-27,29,36H,2-6,9-15,19-20,34H2,1H3,(H2,35,41)/b24-18+,28-16+/t26-,29?/m0/s1. The third kappa shape index (κ3) is 8.94. The van der Waals surface area contributed by atoms with Gasteiger partial charge in [-0.1, -0.05) is 49.0 Å². The van der Waals surface area contributed by atoms with Gasteiger partial charge in [-0.05, 0) is 87.8 Å². The summed E-state index contributed by atoms with van der Waals surface area (Å²) in [5.41, 5.74) is 13.3. The molecule has 3 fully saturated rings. The van der Waals surface area contributed by atoms with E-state index in [0.717, 1.165) is 101 Å². The topological polar surface area (TPSA) is 108 Å². The molecule has 41 heavy (non-hydrogen) atoms. The molecule has 0 radical (unpaired) electrons. The largest absolute Gasteiger partial charge is 0.404 e. The van der Waals surface area contributed by atoms with Gasteiger partial charge >= 0.3 is 0 Å². The first-order valence-corrected chi connectivity index (χ1v) is 15.9. The number of nitrogens with one attached hydrogen (secondary N) is 1. The maximum Gasteiger partial charge on any atom is 0.250 e. The Balaban J connectivity index is 1.33. The van der Waals surface area contributed by atoms with Crippen molar-refractivity contribution in [1.29, 1.82) is 0 Å². The Morgan fingerprint density at radius 2 is 1.93 bits per heavy atom. The van der Waals surface area contributed by atoms with Gasteiger partial charge < -0.3 is 21.7 Å². The summed E-state index contributed by atoms with van der Waals surface area (Å²) >= 11 is 12.9. The lowest BCUT2D eigenvalue weighted by Gasteiger charge is -2.44. The van der Waals surface area contributed by atoms with Crippen molar-refractivity contribution in [3.63, 3.8) is 0 Å². The summed E-state index contributed by atoms with van der Waals surface area (Å²) in [6.07, 6.45) is 12.6. The molecule has 2 aliphatic heterocycles. The molecular weight excluding hydrogens is 559 g/mol. The van der Waals surface area contributed by atoms with Crippen molar-refractivity contribution < 1.29 is 9.59 Å². The van der Waals surface area contributed by atoms with Gasteiger partial charge in [-0.3, -0.25) is 19.4 Å². The third-order valence-corrected chi connectivity index (χ3v) is 9.53. The summed E-state index contributed by atoms with van der Waals surface area (Å²) in [5.74, 6) is 0.189. The number of primary amides is 1. The van der Waals surface area contributed by atoms with Gasteiger partial charge in [0.15, 0.2) is 0 Å². The van der Waals surface area contributed by atoms with Crippen LogP contribution in [0.5, 0.6) is 0 Å². The summed E-state index contributed by atoms with van der Waals surface area (Å²) in [6, 6.07) is 6.89. The fourth-order valence-electron chi connectivity index (χ4n) is 6.25. The van der Waals surface area contributed by atoms with Gasteiger partial charge in [0.25, 0.3) is 0 Å². The quantitative estimate of drug-likeness (QED) is 0.186. The average molecular weight is 606 g/mol. The Bertz CT molecular complexity index is 1100. The molecule has 1 saturated carbocycles. The molecule has 0 spiro atoms. The Kier molecular flexibility index (Phi) is 11.9. The van der Waals surface area contributed by atoms with Gasteiger partial charge in [-0.2, -0.15) is 0 Å². The van der Waals surface area contributed by atoms with E-state index < -0.39 is 5.91 Å². The summed E-state index contributed by atoms with van der Waals surface area (Å²) in [6.45, 7) is 7.72. The third-order valence-electron chi connectivity index (χ3n) is 8.92. The molecule has 1 aromatic carbocycles. The van der Waals surface area contributed by atoms with E-state index in [1.165, 1.54) is 19.0 Å². The van der Waals surface area contributed by atoms with Crippen molar-refractivity contribution in [2.24, 2.45) is 17.4 Å². The van der Waals surface area contributed by atoms with Gasteiger partial charge in [0.05, 0.1) is 5.57 Å². The predicted octanol–water partition coefficient (Wildman–Crippen LogP) is 4.35. The predicted molar refractivity (Wildman–Crippen MR) is 168 cm³/mol. The zero-order chi connectivity index (χ0) is 29.4. The monoisotopic (exact) mass is 604 g/mol. The fourth-order valence-corrected chi connectivity index (χ4v) is 6.72. The first-order chi connectivity index (χ1) is 19.8. The lowest BCUT2D eigenvalue weighted by molar-refractivity contribution is -0.114. The van der Waals surface area contributed by atoms with Crippen LogP contribution in [0.1, 0.15) is 63.9 Å².